The topological polar surface area (TPSA) is 33.1 Å². The number of aromatic nitrogens is 1. The number of aliphatic hydroxyl groups excluding tert-OH is 1. The molecule has 0 saturated heterocycles. The van der Waals surface area contributed by atoms with E-state index < -0.39 is 17.8 Å². The second-order valence-electron chi connectivity index (χ2n) is 3.80. The molecule has 1 N–H and O–H groups in total. The summed E-state index contributed by atoms with van der Waals surface area (Å²) < 4.78 is 37.1. The largest absolute Gasteiger partial charge is 0.417 e. The zero-order chi connectivity index (χ0) is 13.3. The predicted octanol–water partition coefficient (Wildman–Crippen LogP) is 3.55. The number of pyridine rings is 1. The predicted molar refractivity (Wildman–Crippen MR) is 62.4 cm³/mol. The maximum Gasteiger partial charge on any atom is 0.417 e. The van der Waals surface area contributed by atoms with Gasteiger partial charge in [-0.15, -0.1) is 11.3 Å². The highest BCUT2D eigenvalue weighted by molar-refractivity contribution is 7.10. The molecule has 0 aromatic carbocycles. The summed E-state index contributed by atoms with van der Waals surface area (Å²) in [4.78, 5) is 4.60. The van der Waals surface area contributed by atoms with Gasteiger partial charge in [0.05, 0.1) is 11.3 Å². The van der Waals surface area contributed by atoms with Gasteiger partial charge < -0.3 is 5.11 Å². The molecule has 0 radical (unpaired) electrons. The molecule has 1 atom stereocenters. The molecule has 2 rings (SSSR count). The van der Waals surface area contributed by atoms with Gasteiger partial charge in [0.2, 0.25) is 0 Å². The Morgan fingerprint density at radius 1 is 1.28 bits per heavy atom. The Bertz CT molecular complexity index is 533. The third kappa shape index (κ3) is 2.54. The molecular formula is C12H10F3NOS. The van der Waals surface area contributed by atoms with Gasteiger partial charge in [-0.05, 0) is 30.5 Å². The molecule has 18 heavy (non-hydrogen) atoms. The van der Waals surface area contributed by atoms with Gasteiger partial charge in [0.25, 0.3) is 0 Å². The van der Waals surface area contributed by atoms with Crippen LogP contribution in [0.2, 0.25) is 0 Å². The molecular weight excluding hydrogens is 263 g/mol. The second-order valence-corrected chi connectivity index (χ2v) is 4.92. The van der Waals surface area contributed by atoms with Crippen LogP contribution in [0.25, 0.3) is 0 Å². The van der Waals surface area contributed by atoms with Crippen molar-refractivity contribution >= 4 is 11.3 Å². The van der Waals surface area contributed by atoms with Crippen LogP contribution in [-0.4, -0.2) is 10.1 Å². The Labute approximate surface area is 106 Å². The minimum absolute atomic E-state index is 0.213. The molecule has 0 amide bonds. The summed E-state index contributed by atoms with van der Waals surface area (Å²) in [6, 6.07) is 3.86. The lowest BCUT2D eigenvalue weighted by Crippen LogP contribution is -2.08. The second kappa shape index (κ2) is 4.70. The van der Waals surface area contributed by atoms with E-state index in [0.717, 1.165) is 17.1 Å². The average Bonchev–Trinajstić information content (AvgIpc) is 2.73. The summed E-state index contributed by atoms with van der Waals surface area (Å²) in [5.74, 6) is 0. The van der Waals surface area contributed by atoms with Crippen molar-refractivity contribution < 1.29 is 18.3 Å². The number of alkyl halides is 3. The standard InChI is InChI=1S/C12H10F3NOS/c1-7-9(4-5-18-7)11(17)10-3-2-8(6-16-10)12(13,14)15/h2-6,11,17H,1H3. The molecule has 2 aromatic rings. The van der Waals surface area contributed by atoms with Gasteiger partial charge in [0.1, 0.15) is 6.10 Å². The summed E-state index contributed by atoms with van der Waals surface area (Å²) in [6.45, 7) is 1.84. The minimum atomic E-state index is -4.41. The summed E-state index contributed by atoms with van der Waals surface area (Å²) in [5.41, 5.74) is 0.0669. The molecule has 0 spiro atoms. The first-order valence-corrected chi connectivity index (χ1v) is 6.03. The van der Waals surface area contributed by atoms with Crippen LogP contribution >= 0.6 is 11.3 Å². The van der Waals surface area contributed by atoms with Crippen LogP contribution in [0.5, 0.6) is 0 Å². The van der Waals surface area contributed by atoms with Crippen molar-refractivity contribution in [2.75, 3.05) is 0 Å². The first-order valence-electron chi connectivity index (χ1n) is 5.15. The fraction of sp³-hybridized carbons (Fsp3) is 0.250. The molecule has 2 aromatic heterocycles. The highest BCUT2D eigenvalue weighted by Crippen LogP contribution is 2.31. The molecule has 0 aliphatic heterocycles. The number of aliphatic hydroxyl groups is 1. The number of aryl methyl sites for hydroxylation is 1. The molecule has 6 heteroatoms. The SMILES string of the molecule is Cc1sccc1C(O)c1ccc(C(F)(F)F)cn1. The third-order valence-electron chi connectivity index (χ3n) is 2.59. The minimum Gasteiger partial charge on any atom is -0.382 e. The van der Waals surface area contributed by atoms with Crippen LogP contribution in [0.4, 0.5) is 13.2 Å². The average molecular weight is 273 g/mol. The van der Waals surface area contributed by atoms with Crippen molar-refractivity contribution in [3.8, 4) is 0 Å². The van der Waals surface area contributed by atoms with Crippen LogP contribution in [-0.2, 0) is 6.18 Å². The van der Waals surface area contributed by atoms with Crippen molar-refractivity contribution in [1.29, 1.82) is 0 Å². The van der Waals surface area contributed by atoms with E-state index in [2.05, 4.69) is 4.98 Å². The van der Waals surface area contributed by atoms with E-state index in [1.54, 1.807) is 6.07 Å². The van der Waals surface area contributed by atoms with Crippen LogP contribution < -0.4 is 0 Å². The third-order valence-corrected chi connectivity index (χ3v) is 3.45. The first kappa shape index (κ1) is 13.0. The number of thiophene rings is 1. The van der Waals surface area contributed by atoms with Gasteiger partial charge in [0.15, 0.2) is 0 Å². The molecule has 1 unspecified atom stereocenters. The number of nitrogens with zero attached hydrogens (tertiary/aromatic N) is 1. The Morgan fingerprint density at radius 3 is 2.44 bits per heavy atom. The molecule has 0 saturated carbocycles. The van der Waals surface area contributed by atoms with Gasteiger partial charge in [-0.3, -0.25) is 4.98 Å². The molecule has 0 bridgehead atoms. The maximum absolute atomic E-state index is 12.4. The molecule has 2 heterocycles. The van der Waals surface area contributed by atoms with Crippen LogP contribution in [0.3, 0.4) is 0 Å². The van der Waals surface area contributed by atoms with E-state index in [4.69, 9.17) is 0 Å². The Balaban J connectivity index is 2.28. The highest BCUT2D eigenvalue weighted by atomic mass is 32.1. The number of hydrogen-bond donors (Lipinski definition) is 1. The van der Waals surface area contributed by atoms with Crippen LogP contribution in [0, 0.1) is 6.92 Å². The van der Waals surface area contributed by atoms with E-state index in [1.807, 2.05) is 12.3 Å². The van der Waals surface area contributed by atoms with Crippen molar-refractivity contribution in [3.05, 3.63) is 51.5 Å². The Hall–Kier alpha value is -1.40. The number of halogens is 3. The van der Waals surface area contributed by atoms with E-state index in [1.165, 1.54) is 17.4 Å². The van der Waals surface area contributed by atoms with Gasteiger partial charge in [-0.2, -0.15) is 13.2 Å². The zero-order valence-corrected chi connectivity index (χ0v) is 10.2. The molecule has 96 valence electrons. The number of rotatable bonds is 2. The zero-order valence-electron chi connectivity index (χ0n) is 9.40. The van der Waals surface area contributed by atoms with Crippen molar-refractivity contribution in [2.24, 2.45) is 0 Å². The normalized spacial score (nSPS) is 13.6. The first-order chi connectivity index (χ1) is 8.39. The summed E-state index contributed by atoms with van der Waals surface area (Å²) in [6.07, 6.45) is -4.66. The maximum atomic E-state index is 12.4. The lowest BCUT2D eigenvalue weighted by molar-refractivity contribution is -0.137. The molecule has 0 fully saturated rings. The van der Waals surface area contributed by atoms with Crippen LogP contribution in [0.15, 0.2) is 29.8 Å². The van der Waals surface area contributed by atoms with Crippen LogP contribution in [0.1, 0.15) is 27.8 Å². The van der Waals surface area contributed by atoms with Gasteiger partial charge in [-0.25, -0.2) is 0 Å². The Kier molecular flexibility index (Phi) is 3.41. The van der Waals surface area contributed by atoms with Gasteiger partial charge >= 0.3 is 6.18 Å². The smallest absolute Gasteiger partial charge is 0.382 e. The van der Waals surface area contributed by atoms with E-state index in [0.29, 0.717) is 5.56 Å². The van der Waals surface area contributed by atoms with E-state index in [9.17, 15) is 18.3 Å². The fourth-order valence-electron chi connectivity index (χ4n) is 1.57. The van der Waals surface area contributed by atoms with Gasteiger partial charge in [0, 0.05) is 16.6 Å². The van der Waals surface area contributed by atoms with E-state index in [-0.39, 0.29) is 5.69 Å². The van der Waals surface area contributed by atoms with E-state index >= 15 is 0 Å². The molecule has 0 aliphatic rings. The van der Waals surface area contributed by atoms with Crippen molar-refractivity contribution in [2.45, 2.75) is 19.2 Å². The van der Waals surface area contributed by atoms with Gasteiger partial charge in [-0.1, -0.05) is 0 Å². The summed E-state index contributed by atoms with van der Waals surface area (Å²) in [7, 11) is 0. The van der Waals surface area contributed by atoms with Crippen molar-refractivity contribution in [3.63, 3.8) is 0 Å². The lowest BCUT2D eigenvalue weighted by atomic mass is 10.1. The quantitative estimate of drug-likeness (QED) is 0.907. The fourth-order valence-corrected chi connectivity index (χ4v) is 2.31. The Morgan fingerprint density at radius 2 is 2.00 bits per heavy atom. The number of hydrogen-bond acceptors (Lipinski definition) is 3. The highest BCUT2D eigenvalue weighted by Gasteiger charge is 2.31. The summed E-state index contributed by atoms with van der Waals surface area (Å²) >= 11 is 1.47. The molecule has 0 aliphatic carbocycles. The summed E-state index contributed by atoms with van der Waals surface area (Å²) in [5, 5.41) is 11.8. The van der Waals surface area contributed by atoms with Crippen molar-refractivity contribution in [1.82, 2.24) is 4.98 Å². The lowest BCUT2D eigenvalue weighted by Gasteiger charge is -2.11. The molecule has 2 nitrogen and oxygen atoms in total. The monoisotopic (exact) mass is 273 g/mol.